The topological polar surface area (TPSA) is 102 Å². The fourth-order valence-corrected chi connectivity index (χ4v) is 1.63. The largest absolute Gasteiger partial charge is 0.385 e. The van der Waals surface area contributed by atoms with Crippen molar-refractivity contribution in [1.29, 1.82) is 0 Å². The Balaban J connectivity index is 2.71. The number of aromatic nitrogens is 2. The summed E-state index contributed by atoms with van der Waals surface area (Å²) in [6, 6.07) is 0. The first kappa shape index (κ1) is 16.1. The van der Waals surface area contributed by atoms with Crippen LogP contribution in [0.5, 0.6) is 0 Å². The molecule has 0 radical (unpaired) electrons. The van der Waals surface area contributed by atoms with Crippen LogP contribution in [-0.4, -0.2) is 41.7 Å². The molecular weight excluding hydrogens is 262 g/mol. The minimum atomic E-state index is -0.463. The van der Waals surface area contributed by atoms with Crippen LogP contribution in [0.2, 0.25) is 0 Å². The quantitative estimate of drug-likeness (QED) is 0.385. The molecule has 0 unspecified atom stereocenters. The van der Waals surface area contributed by atoms with Crippen LogP contribution in [0, 0.1) is 10.1 Å². The van der Waals surface area contributed by atoms with Crippen LogP contribution in [0.25, 0.3) is 0 Å². The zero-order chi connectivity index (χ0) is 14.8. The Hall–Kier alpha value is -1.96. The molecule has 0 spiro atoms. The summed E-state index contributed by atoms with van der Waals surface area (Å²) >= 11 is 0. The molecule has 0 saturated carbocycles. The molecule has 0 bridgehead atoms. The predicted molar refractivity (Wildman–Crippen MR) is 77.1 cm³/mol. The molecule has 112 valence electrons. The minimum absolute atomic E-state index is 0.104. The summed E-state index contributed by atoms with van der Waals surface area (Å²) in [6.45, 7) is 3.89. The number of hydrogen-bond donors (Lipinski definition) is 2. The van der Waals surface area contributed by atoms with Crippen molar-refractivity contribution in [3.8, 4) is 0 Å². The van der Waals surface area contributed by atoms with Gasteiger partial charge in [-0.15, -0.1) is 0 Å². The number of methoxy groups -OCH3 is 1. The van der Waals surface area contributed by atoms with E-state index < -0.39 is 4.92 Å². The van der Waals surface area contributed by atoms with E-state index in [9.17, 15) is 10.1 Å². The standard InChI is InChI=1S/C12H21N5O3/c1-3-6-13-11-10(17(18)19)12(16-9-15-11)14-7-4-5-8-20-2/h9H,3-8H2,1-2H3,(H2,13,14,15,16). The number of rotatable bonds is 10. The lowest BCUT2D eigenvalue weighted by Crippen LogP contribution is -2.11. The van der Waals surface area contributed by atoms with Gasteiger partial charge in [-0.2, -0.15) is 0 Å². The molecule has 0 aliphatic heterocycles. The second-order valence-corrected chi connectivity index (χ2v) is 4.23. The monoisotopic (exact) mass is 283 g/mol. The van der Waals surface area contributed by atoms with E-state index >= 15 is 0 Å². The molecule has 0 saturated heterocycles. The predicted octanol–water partition coefficient (Wildman–Crippen LogP) is 2.05. The van der Waals surface area contributed by atoms with Crippen molar-refractivity contribution in [2.75, 3.05) is 37.4 Å². The zero-order valence-electron chi connectivity index (χ0n) is 11.9. The van der Waals surface area contributed by atoms with E-state index in [0.717, 1.165) is 19.3 Å². The molecule has 0 aliphatic rings. The number of hydrogen-bond acceptors (Lipinski definition) is 7. The second-order valence-electron chi connectivity index (χ2n) is 4.23. The highest BCUT2D eigenvalue weighted by molar-refractivity contribution is 5.69. The molecular formula is C12H21N5O3. The van der Waals surface area contributed by atoms with Gasteiger partial charge in [0, 0.05) is 26.8 Å². The molecule has 1 aromatic heterocycles. The van der Waals surface area contributed by atoms with Crippen molar-refractivity contribution in [2.45, 2.75) is 26.2 Å². The van der Waals surface area contributed by atoms with Crippen LogP contribution < -0.4 is 10.6 Å². The lowest BCUT2D eigenvalue weighted by molar-refractivity contribution is -0.383. The van der Waals surface area contributed by atoms with Crippen molar-refractivity contribution >= 4 is 17.3 Å². The number of unbranched alkanes of at least 4 members (excludes halogenated alkanes) is 1. The Morgan fingerprint density at radius 3 is 2.45 bits per heavy atom. The summed E-state index contributed by atoms with van der Waals surface area (Å²) in [4.78, 5) is 18.6. The van der Waals surface area contributed by atoms with Gasteiger partial charge in [-0.05, 0) is 19.3 Å². The van der Waals surface area contributed by atoms with E-state index in [0.29, 0.717) is 19.7 Å². The third-order valence-electron chi connectivity index (χ3n) is 2.61. The van der Waals surface area contributed by atoms with Crippen LogP contribution in [-0.2, 0) is 4.74 Å². The molecule has 8 heteroatoms. The molecule has 8 nitrogen and oxygen atoms in total. The maximum absolute atomic E-state index is 11.2. The van der Waals surface area contributed by atoms with E-state index in [-0.39, 0.29) is 17.3 Å². The second kappa shape index (κ2) is 9.03. The van der Waals surface area contributed by atoms with Gasteiger partial charge in [0.05, 0.1) is 4.92 Å². The minimum Gasteiger partial charge on any atom is -0.385 e. The van der Waals surface area contributed by atoms with Crippen LogP contribution in [0.4, 0.5) is 17.3 Å². The van der Waals surface area contributed by atoms with Crippen LogP contribution in [0.3, 0.4) is 0 Å². The van der Waals surface area contributed by atoms with Gasteiger partial charge in [0.25, 0.3) is 0 Å². The molecule has 1 heterocycles. The summed E-state index contributed by atoms with van der Waals surface area (Å²) in [7, 11) is 1.65. The van der Waals surface area contributed by atoms with Gasteiger partial charge in [-0.1, -0.05) is 6.92 Å². The van der Waals surface area contributed by atoms with E-state index in [1.807, 2.05) is 6.92 Å². The summed E-state index contributed by atoms with van der Waals surface area (Å²) in [5.41, 5.74) is -0.104. The fourth-order valence-electron chi connectivity index (χ4n) is 1.63. The Labute approximate surface area is 118 Å². The lowest BCUT2D eigenvalue weighted by atomic mass is 10.3. The van der Waals surface area contributed by atoms with Gasteiger partial charge < -0.3 is 15.4 Å². The molecule has 0 fully saturated rings. The van der Waals surface area contributed by atoms with Crippen molar-refractivity contribution in [3.63, 3.8) is 0 Å². The van der Waals surface area contributed by atoms with E-state index in [2.05, 4.69) is 20.6 Å². The number of ether oxygens (including phenoxy) is 1. The van der Waals surface area contributed by atoms with E-state index in [1.165, 1.54) is 6.33 Å². The molecule has 0 aromatic carbocycles. The van der Waals surface area contributed by atoms with Crippen molar-refractivity contribution in [3.05, 3.63) is 16.4 Å². The normalized spacial score (nSPS) is 10.3. The van der Waals surface area contributed by atoms with Crippen molar-refractivity contribution < 1.29 is 9.66 Å². The summed E-state index contributed by atoms with van der Waals surface area (Å²) in [5.74, 6) is 0.507. The number of anilines is 2. The summed E-state index contributed by atoms with van der Waals surface area (Å²) < 4.78 is 4.95. The van der Waals surface area contributed by atoms with Gasteiger partial charge in [-0.3, -0.25) is 10.1 Å². The number of nitrogens with zero attached hydrogens (tertiary/aromatic N) is 3. The first-order chi connectivity index (χ1) is 9.70. The molecule has 0 aliphatic carbocycles. The zero-order valence-corrected chi connectivity index (χ0v) is 11.9. The average molecular weight is 283 g/mol. The Morgan fingerprint density at radius 2 is 1.90 bits per heavy atom. The van der Waals surface area contributed by atoms with Gasteiger partial charge in [0.15, 0.2) is 0 Å². The first-order valence-corrected chi connectivity index (χ1v) is 6.66. The third-order valence-corrected chi connectivity index (χ3v) is 2.61. The molecule has 2 N–H and O–H groups in total. The van der Waals surface area contributed by atoms with Gasteiger partial charge in [0.2, 0.25) is 11.6 Å². The van der Waals surface area contributed by atoms with Crippen LogP contribution in [0.15, 0.2) is 6.33 Å². The Kier molecular flexibility index (Phi) is 7.26. The average Bonchev–Trinajstić information content (AvgIpc) is 2.44. The molecule has 0 atom stereocenters. The summed E-state index contributed by atoms with van der Waals surface area (Å²) in [6.07, 6.45) is 3.93. The van der Waals surface area contributed by atoms with Gasteiger partial charge in [-0.25, -0.2) is 9.97 Å². The number of nitrogens with one attached hydrogen (secondary N) is 2. The Bertz CT molecular complexity index is 428. The molecule has 1 aromatic rings. The summed E-state index contributed by atoms with van der Waals surface area (Å²) in [5, 5.41) is 17.1. The highest BCUT2D eigenvalue weighted by Crippen LogP contribution is 2.28. The first-order valence-electron chi connectivity index (χ1n) is 6.66. The molecule has 20 heavy (non-hydrogen) atoms. The lowest BCUT2D eigenvalue weighted by Gasteiger charge is -2.09. The van der Waals surface area contributed by atoms with Crippen molar-refractivity contribution in [1.82, 2.24) is 9.97 Å². The third kappa shape index (κ3) is 4.96. The van der Waals surface area contributed by atoms with E-state index in [1.54, 1.807) is 7.11 Å². The highest BCUT2D eigenvalue weighted by atomic mass is 16.6. The van der Waals surface area contributed by atoms with Gasteiger partial charge >= 0.3 is 5.69 Å². The molecule has 0 amide bonds. The molecule has 1 rings (SSSR count). The number of nitro groups is 1. The van der Waals surface area contributed by atoms with Gasteiger partial charge in [0.1, 0.15) is 6.33 Å². The maximum atomic E-state index is 11.2. The SMILES string of the molecule is CCCNc1ncnc(NCCCCOC)c1[N+](=O)[O-]. The van der Waals surface area contributed by atoms with Crippen LogP contribution in [0.1, 0.15) is 26.2 Å². The van der Waals surface area contributed by atoms with E-state index in [4.69, 9.17) is 4.74 Å². The van der Waals surface area contributed by atoms with Crippen molar-refractivity contribution in [2.24, 2.45) is 0 Å². The maximum Gasteiger partial charge on any atom is 0.353 e. The fraction of sp³-hybridized carbons (Fsp3) is 0.667. The highest BCUT2D eigenvalue weighted by Gasteiger charge is 2.22. The Morgan fingerprint density at radius 1 is 1.25 bits per heavy atom. The smallest absolute Gasteiger partial charge is 0.353 e. The van der Waals surface area contributed by atoms with Crippen LogP contribution >= 0.6 is 0 Å².